The van der Waals surface area contributed by atoms with Crippen LogP contribution in [0.1, 0.15) is 84.6 Å². The van der Waals surface area contributed by atoms with E-state index in [0.717, 1.165) is 36.5 Å². The molecule has 0 bridgehead atoms. The molecular formula is C23H33N3O3S. The second kappa shape index (κ2) is 10.8. The van der Waals surface area contributed by atoms with Gasteiger partial charge in [0.15, 0.2) is 0 Å². The molecule has 0 aromatic carbocycles. The van der Waals surface area contributed by atoms with E-state index in [0.29, 0.717) is 29.6 Å². The van der Waals surface area contributed by atoms with E-state index in [2.05, 4.69) is 21.8 Å². The van der Waals surface area contributed by atoms with Crippen LogP contribution in [0.15, 0.2) is 11.4 Å². The topological polar surface area (TPSA) is 73.2 Å². The molecule has 30 heavy (non-hydrogen) atoms. The van der Waals surface area contributed by atoms with Crippen LogP contribution in [0.4, 0.5) is 0 Å². The largest absolute Gasteiger partial charge is 0.461 e. The third-order valence-corrected chi connectivity index (χ3v) is 6.63. The zero-order chi connectivity index (χ0) is 21.5. The van der Waals surface area contributed by atoms with Gasteiger partial charge >= 0.3 is 5.97 Å². The van der Waals surface area contributed by atoms with Crippen molar-refractivity contribution in [2.75, 3.05) is 13.2 Å². The Hall–Kier alpha value is -2.15. The fraction of sp³-hybridized carbons (Fsp3) is 0.609. The summed E-state index contributed by atoms with van der Waals surface area (Å²) in [7, 11) is 0. The van der Waals surface area contributed by atoms with E-state index in [-0.39, 0.29) is 5.91 Å². The Bertz CT molecular complexity index is 865. The highest BCUT2D eigenvalue weighted by molar-refractivity contribution is 7.11. The van der Waals surface area contributed by atoms with Crippen molar-refractivity contribution in [3.05, 3.63) is 27.7 Å². The minimum absolute atomic E-state index is 0.0366. The van der Waals surface area contributed by atoms with Crippen LogP contribution in [0.25, 0.3) is 11.4 Å². The zero-order valence-electron chi connectivity index (χ0n) is 18.3. The van der Waals surface area contributed by atoms with Gasteiger partial charge in [0.1, 0.15) is 0 Å². The Balaban J connectivity index is 1.92. The summed E-state index contributed by atoms with van der Waals surface area (Å²) in [5.41, 5.74) is 3.30. The van der Waals surface area contributed by atoms with Crippen LogP contribution < -0.4 is 5.32 Å². The van der Waals surface area contributed by atoms with Gasteiger partial charge < -0.3 is 14.6 Å². The van der Waals surface area contributed by atoms with Gasteiger partial charge in [-0.15, -0.1) is 11.3 Å². The number of nitrogens with zero attached hydrogens (tertiary/aromatic N) is 2. The first kappa shape index (κ1) is 22.5. The van der Waals surface area contributed by atoms with Gasteiger partial charge in [-0.3, -0.25) is 4.79 Å². The summed E-state index contributed by atoms with van der Waals surface area (Å²) in [4.78, 5) is 29.4. The van der Waals surface area contributed by atoms with Crippen molar-refractivity contribution in [3.63, 3.8) is 0 Å². The smallest absolute Gasteiger partial charge is 0.367 e. The van der Waals surface area contributed by atoms with E-state index in [4.69, 9.17) is 4.74 Å². The quantitative estimate of drug-likeness (QED) is 0.437. The number of aromatic nitrogens is 2. The summed E-state index contributed by atoms with van der Waals surface area (Å²) in [6.45, 7) is 7.80. The molecule has 0 radical (unpaired) electrons. The number of unbranched alkanes of at least 4 members (excludes halogenated alkanes) is 1. The van der Waals surface area contributed by atoms with Gasteiger partial charge in [-0.05, 0) is 45.1 Å². The lowest BCUT2D eigenvalue weighted by Crippen LogP contribution is -2.25. The van der Waals surface area contributed by atoms with Gasteiger partial charge in [-0.1, -0.05) is 32.6 Å². The number of nitrogens with one attached hydrogen (secondary N) is 1. The highest BCUT2D eigenvalue weighted by Gasteiger charge is 2.24. The summed E-state index contributed by atoms with van der Waals surface area (Å²) in [5, 5.41) is 5.27. The average molecular weight is 432 g/mol. The number of hydrogen-bond acceptors (Lipinski definition) is 5. The Morgan fingerprint density at radius 1 is 1.27 bits per heavy atom. The highest BCUT2D eigenvalue weighted by Crippen LogP contribution is 2.32. The molecule has 1 saturated carbocycles. The third-order valence-electron chi connectivity index (χ3n) is 5.81. The zero-order valence-corrected chi connectivity index (χ0v) is 19.1. The Kier molecular flexibility index (Phi) is 8.08. The molecule has 2 aromatic heterocycles. The number of carbonyl (C=O) groups is 2. The van der Waals surface area contributed by atoms with Crippen LogP contribution in [0.3, 0.4) is 0 Å². The number of carbonyl (C=O) groups excluding carboxylic acids is 2. The summed E-state index contributed by atoms with van der Waals surface area (Å²) < 4.78 is 7.32. The van der Waals surface area contributed by atoms with Crippen molar-refractivity contribution in [3.8, 4) is 11.4 Å². The second-order valence-corrected chi connectivity index (χ2v) is 8.87. The molecule has 7 heteroatoms. The first-order chi connectivity index (χ1) is 14.5. The van der Waals surface area contributed by atoms with E-state index < -0.39 is 5.97 Å². The first-order valence-corrected chi connectivity index (χ1v) is 12.0. The average Bonchev–Trinajstić information content (AvgIpc) is 3.35. The standard InChI is InChI=1S/C23H33N3O3S/c1-4-6-12-24-21(27)18-13-20(19-15-30-22(25-19)23(28)29-5-2)26(16(18)3)14-17-10-8-7-9-11-17/h13,15,17H,4-12,14H2,1-3H3,(H,24,27). The molecule has 1 amide bonds. The third kappa shape index (κ3) is 5.31. The van der Waals surface area contributed by atoms with Crippen LogP contribution in [0, 0.1) is 12.8 Å². The molecule has 0 saturated heterocycles. The lowest BCUT2D eigenvalue weighted by Gasteiger charge is -2.24. The summed E-state index contributed by atoms with van der Waals surface area (Å²) in [5.74, 6) is 0.182. The molecular weight excluding hydrogens is 398 g/mol. The molecule has 6 nitrogen and oxygen atoms in total. The van der Waals surface area contributed by atoms with Gasteiger partial charge in [-0.2, -0.15) is 0 Å². The minimum atomic E-state index is -0.395. The van der Waals surface area contributed by atoms with Crippen molar-refractivity contribution >= 4 is 23.2 Å². The highest BCUT2D eigenvalue weighted by atomic mass is 32.1. The number of amides is 1. The van der Waals surface area contributed by atoms with Gasteiger partial charge in [0.25, 0.3) is 5.91 Å². The molecule has 1 aliphatic rings. The Morgan fingerprint density at radius 3 is 2.73 bits per heavy atom. The van der Waals surface area contributed by atoms with Gasteiger partial charge in [0.05, 0.1) is 23.6 Å². The molecule has 2 aromatic rings. The van der Waals surface area contributed by atoms with Crippen molar-refractivity contribution in [2.45, 2.75) is 72.3 Å². The van der Waals surface area contributed by atoms with E-state index >= 15 is 0 Å². The van der Waals surface area contributed by atoms with Gasteiger partial charge in [0.2, 0.25) is 5.01 Å². The summed E-state index contributed by atoms with van der Waals surface area (Å²) in [6.07, 6.45) is 8.31. The molecule has 2 heterocycles. The van der Waals surface area contributed by atoms with Crippen molar-refractivity contribution in [1.82, 2.24) is 14.9 Å². The van der Waals surface area contributed by atoms with Crippen molar-refractivity contribution in [1.29, 1.82) is 0 Å². The molecule has 0 atom stereocenters. The number of rotatable bonds is 9. The van der Waals surface area contributed by atoms with E-state index in [1.165, 1.54) is 43.4 Å². The first-order valence-electron chi connectivity index (χ1n) is 11.2. The maximum absolute atomic E-state index is 12.8. The molecule has 1 N–H and O–H groups in total. The molecule has 0 spiro atoms. The molecule has 3 rings (SSSR count). The monoisotopic (exact) mass is 431 g/mol. The lowest BCUT2D eigenvalue weighted by molar-refractivity contribution is 0.0526. The Labute approximate surface area is 183 Å². The number of thiazole rings is 1. The molecule has 1 fully saturated rings. The van der Waals surface area contributed by atoms with E-state index in [1.807, 2.05) is 18.4 Å². The Morgan fingerprint density at radius 2 is 2.03 bits per heavy atom. The number of hydrogen-bond donors (Lipinski definition) is 1. The van der Waals surface area contributed by atoms with Gasteiger partial charge in [0, 0.05) is 24.2 Å². The number of esters is 1. The van der Waals surface area contributed by atoms with Gasteiger partial charge in [-0.25, -0.2) is 9.78 Å². The van der Waals surface area contributed by atoms with E-state index in [9.17, 15) is 9.59 Å². The van der Waals surface area contributed by atoms with Crippen LogP contribution in [0.5, 0.6) is 0 Å². The molecule has 0 aliphatic heterocycles. The minimum Gasteiger partial charge on any atom is -0.461 e. The maximum Gasteiger partial charge on any atom is 0.367 e. The molecule has 0 unspecified atom stereocenters. The van der Waals surface area contributed by atoms with Crippen LogP contribution in [-0.2, 0) is 11.3 Å². The molecule has 164 valence electrons. The van der Waals surface area contributed by atoms with Crippen LogP contribution in [0.2, 0.25) is 0 Å². The number of ether oxygens (including phenoxy) is 1. The summed E-state index contributed by atoms with van der Waals surface area (Å²) in [6, 6.07) is 1.93. The lowest BCUT2D eigenvalue weighted by atomic mass is 9.89. The SMILES string of the molecule is CCCCNC(=O)c1cc(-c2csc(C(=O)OCC)n2)n(CC2CCCCC2)c1C. The maximum atomic E-state index is 12.8. The van der Waals surface area contributed by atoms with Crippen LogP contribution in [-0.4, -0.2) is 34.6 Å². The van der Waals surface area contributed by atoms with Crippen molar-refractivity contribution in [2.24, 2.45) is 5.92 Å². The van der Waals surface area contributed by atoms with Crippen LogP contribution >= 0.6 is 11.3 Å². The fourth-order valence-corrected chi connectivity index (χ4v) is 4.81. The van der Waals surface area contributed by atoms with E-state index in [1.54, 1.807) is 6.92 Å². The second-order valence-electron chi connectivity index (χ2n) is 8.01. The predicted octanol–water partition coefficient (Wildman–Crippen LogP) is 5.21. The van der Waals surface area contributed by atoms with Crippen molar-refractivity contribution < 1.29 is 14.3 Å². The molecule has 1 aliphatic carbocycles. The normalized spacial score (nSPS) is 14.6. The fourth-order valence-electron chi connectivity index (χ4n) is 4.10. The summed E-state index contributed by atoms with van der Waals surface area (Å²) >= 11 is 1.29. The predicted molar refractivity (Wildman–Crippen MR) is 120 cm³/mol.